The Balaban J connectivity index is 1.94. The van der Waals surface area contributed by atoms with Crippen molar-refractivity contribution in [3.63, 3.8) is 0 Å². The van der Waals surface area contributed by atoms with Crippen molar-refractivity contribution >= 4 is 22.6 Å². The number of carboxylic acids is 1. The first-order valence-electron chi connectivity index (χ1n) is 10.1. The molecule has 1 amide bonds. The number of nitrogens with one attached hydrogen (secondary N) is 1. The van der Waals surface area contributed by atoms with Gasteiger partial charge in [0.1, 0.15) is 11.2 Å². The van der Waals surface area contributed by atoms with Gasteiger partial charge in [0.2, 0.25) is 0 Å². The average molecular weight is 444 g/mol. The Morgan fingerprint density at radius 3 is 2.34 bits per heavy atom. The highest BCUT2D eigenvalue weighted by molar-refractivity contribution is 6.03. The Morgan fingerprint density at radius 2 is 1.75 bits per heavy atom. The van der Waals surface area contributed by atoms with Gasteiger partial charge in [0, 0.05) is 11.8 Å². The zero-order chi connectivity index (χ0) is 23.5. The van der Waals surface area contributed by atoms with Crippen LogP contribution in [0.1, 0.15) is 47.4 Å². The third-order valence-electron chi connectivity index (χ3n) is 5.63. The van der Waals surface area contributed by atoms with Crippen LogP contribution in [0.15, 0.2) is 54.7 Å². The Labute approximate surface area is 183 Å². The van der Waals surface area contributed by atoms with Gasteiger partial charge in [0.25, 0.3) is 5.91 Å². The molecule has 2 N–H and O–H groups in total. The summed E-state index contributed by atoms with van der Waals surface area (Å²) in [6.07, 6.45) is -2.38. The van der Waals surface area contributed by atoms with Crippen LogP contribution >= 0.6 is 0 Å². The monoisotopic (exact) mass is 444 g/mol. The number of rotatable bonds is 7. The highest BCUT2D eigenvalue weighted by Crippen LogP contribution is 2.28. The molecule has 1 heterocycles. The maximum atomic E-state index is 13.0. The summed E-state index contributed by atoms with van der Waals surface area (Å²) in [7, 11) is 0. The van der Waals surface area contributed by atoms with Crippen molar-refractivity contribution in [2.45, 2.75) is 44.8 Å². The number of halogens is 3. The number of aromatic nitrogens is 1. The van der Waals surface area contributed by atoms with Gasteiger partial charge in [-0.1, -0.05) is 43.3 Å². The Kier molecular flexibility index (Phi) is 6.52. The van der Waals surface area contributed by atoms with Crippen molar-refractivity contribution in [3.8, 4) is 0 Å². The normalized spacial score (nSPS) is 13.5. The number of aliphatic carboxylic acids is 1. The Morgan fingerprint density at radius 1 is 1.03 bits per heavy atom. The van der Waals surface area contributed by atoms with Crippen molar-refractivity contribution in [3.05, 3.63) is 77.1 Å². The third-order valence-corrected chi connectivity index (χ3v) is 5.63. The van der Waals surface area contributed by atoms with E-state index in [1.165, 1.54) is 19.2 Å². The maximum absolute atomic E-state index is 13.0. The smallest absolute Gasteiger partial charge is 0.433 e. The summed E-state index contributed by atoms with van der Waals surface area (Å²) in [5, 5.41) is 13.8. The molecule has 168 valence electrons. The Hall–Kier alpha value is -3.42. The first-order valence-corrected chi connectivity index (χ1v) is 10.1. The largest absolute Gasteiger partial charge is 0.480 e. The summed E-state index contributed by atoms with van der Waals surface area (Å²) in [5.41, 5.74) is -0.744. The fourth-order valence-corrected chi connectivity index (χ4v) is 3.44. The van der Waals surface area contributed by atoms with Gasteiger partial charge in [0.05, 0.1) is 0 Å². The molecule has 8 heteroatoms. The molecule has 0 aliphatic rings. The number of fused-ring (bicyclic) bond motifs is 1. The van der Waals surface area contributed by atoms with Crippen molar-refractivity contribution in [2.24, 2.45) is 0 Å². The van der Waals surface area contributed by atoms with Crippen LogP contribution in [0.4, 0.5) is 13.2 Å². The first-order chi connectivity index (χ1) is 15.0. The van der Waals surface area contributed by atoms with Gasteiger partial charge < -0.3 is 10.4 Å². The molecule has 1 unspecified atom stereocenters. The quantitative estimate of drug-likeness (QED) is 0.536. The predicted octanol–water partition coefficient (Wildman–Crippen LogP) is 5.02. The minimum atomic E-state index is -4.50. The van der Waals surface area contributed by atoms with Gasteiger partial charge >= 0.3 is 12.1 Å². The van der Waals surface area contributed by atoms with E-state index in [-0.39, 0.29) is 6.42 Å². The van der Waals surface area contributed by atoms with Crippen LogP contribution in [0.25, 0.3) is 10.8 Å². The molecular formula is C24H23F3N2O3. The number of aryl methyl sites for hydroxylation is 2. The first kappa shape index (κ1) is 23.2. The lowest BCUT2D eigenvalue weighted by Gasteiger charge is -2.25. The van der Waals surface area contributed by atoms with Crippen LogP contribution < -0.4 is 5.32 Å². The molecule has 2 aromatic carbocycles. The number of pyridine rings is 1. The maximum Gasteiger partial charge on any atom is 0.433 e. The second-order valence-corrected chi connectivity index (χ2v) is 7.81. The number of carboxylic acid groups (broad SMARTS) is 1. The van der Waals surface area contributed by atoms with Crippen LogP contribution in [-0.2, 0) is 23.8 Å². The second-order valence-electron chi connectivity index (χ2n) is 7.81. The van der Waals surface area contributed by atoms with Gasteiger partial charge in [-0.15, -0.1) is 0 Å². The standard InChI is InChI=1S/C24H23F3N2O3/c1-3-23(2,22(31)32)29-21(30)19-12-10-16-6-4-5-7-17(16)18(19)11-8-15-9-13-20(28-14-15)24(25,26)27/h4-7,9-10,12-14H,3,8,11H2,1-2H3,(H,29,30)(H,31,32). The molecule has 0 spiro atoms. The molecule has 0 aliphatic heterocycles. The third kappa shape index (κ3) is 4.90. The van der Waals surface area contributed by atoms with Crippen molar-refractivity contribution in [1.29, 1.82) is 0 Å². The van der Waals surface area contributed by atoms with Crippen LogP contribution in [0.3, 0.4) is 0 Å². The molecule has 0 saturated heterocycles. The summed E-state index contributed by atoms with van der Waals surface area (Å²) in [6, 6.07) is 13.2. The Bertz CT molecular complexity index is 1140. The van der Waals surface area contributed by atoms with Crippen molar-refractivity contribution in [1.82, 2.24) is 10.3 Å². The van der Waals surface area contributed by atoms with E-state index in [1.54, 1.807) is 19.1 Å². The van der Waals surface area contributed by atoms with E-state index in [0.29, 0.717) is 29.5 Å². The lowest BCUT2D eigenvalue weighted by atomic mass is 9.92. The minimum absolute atomic E-state index is 0.203. The molecule has 1 aromatic heterocycles. The van der Waals surface area contributed by atoms with Crippen molar-refractivity contribution < 1.29 is 27.9 Å². The van der Waals surface area contributed by atoms with Crippen LogP contribution in [0.2, 0.25) is 0 Å². The molecule has 0 bridgehead atoms. The van der Waals surface area contributed by atoms with E-state index in [2.05, 4.69) is 10.3 Å². The highest BCUT2D eigenvalue weighted by Gasteiger charge is 2.34. The second kappa shape index (κ2) is 8.98. The molecule has 5 nitrogen and oxygen atoms in total. The molecule has 0 radical (unpaired) electrons. The predicted molar refractivity (Wildman–Crippen MR) is 114 cm³/mol. The summed E-state index contributed by atoms with van der Waals surface area (Å²) >= 11 is 0. The number of carbonyl (C=O) groups is 2. The fourth-order valence-electron chi connectivity index (χ4n) is 3.44. The molecule has 32 heavy (non-hydrogen) atoms. The molecule has 0 aliphatic carbocycles. The van der Waals surface area contributed by atoms with Gasteiger partial charge in [-0.2, -0.15) is 13.2 Å². The zero-order valence-electron chi connectivity index (χ0n) is 17.7. The number of hydrogen-bond donors (Lipinski definition) is 2. The van der Waals surface area contributed by atoms with Gasteiger partial charge in [-0.25, -0.2) is 4.79 Å². The minimum Gasteiger partial charge on any atom is -0.480 e. The lowest BCUT2D eigenvalue weighted by molar-refractivity contribution is -0.144. The number of alkyl halides is 3. The fraction of sp³-hybridized carbons (Fsp3) is 0.292. The van der Waals surface area contributed by atoms with Crippen LogP contribution in [-0.4, -0.2) is 27.5 Å². The SMILES string of the molecule is CCC(C)(NC(=O)c1ccc2ccccc2c1CCc1ccc(C(F)(F)F)nc1)C(=O)O. The molecule has 3 rings (SSSR count). The van der Waals surface area contributed by atoms with E-state index >= 15 is 0 Å². The topological polar surface area (TPSA) is 79.3 Å². The zero-order valence-corrected chi connectivity index (χ0v) is 17.7. The van der Waals surface area contributed by atoms with E-state index in [9.17, 15) is 27.9 Å². The summed E-state index contributed by atoms with van der Waals surface area (Å²) in [4.78, 5) is 28.2. The molecule has 3 aromatic rings. The molecular weight excluding hydrogens is 421 g/mol. The summed E-state index contributed by atoms with van der Waals surface area (Å²) in [6.45, 7) is 3.12. The number of nitrogens with zero attached hydrogens (tertiary/aromatic N) is 1. The van der Waals surface area contributed by atoms with Gasteiger partial charge in [-0.05, 0) is 60.2 Å². The van der Waals surface area contributed by atoms with Crippen molar-refractivity contribution in [2.75, 3.05) is 0 Å². The van der Waals surface area contributed by atoms with Crippen LogP contribution in [0.5, 0.6) is 0 Å². The van der Waals surface area contributed by atoms with Gasteiger partial charge in [0.15, 0.2) is 0 Å². The number of amides is 1. The summed E-state index contributed by atoms with van der Waals surface area (Å²) < 4.78 is 38.3. The number of benzene rings is 2. The average Bonchev–Trinajstić information content (AvgIpc) is 2.76. The summed E-state index contributed by atoms with van der Waals surface area (Å²) in [5.74, 6) is -1.64. The number of hydrogen-bond acceptors (Lipinski definition) is 3. The van der Waals surface area contributed by atoms with E-state index in [4.69, 9.17) is 0 Å². The lowest BCUT2D eigenvalue weighted by Crippen LogP contribution is -2.51. The van der Waals surface area contributed by atoms with E-state index in [1.807, 2.05) is 24.3 Å². The molecule has 0 saturated carbocycles. The van der Waals surface area contributed by atoms with E-state index < -0.39 is 29.3 Å². The van der Waals surface area contributed by atoms with E-state index in [0.717, 1.165) is 16.8 Å². The highest BCUT2D eigenvalue weighted by atomic mass is 19.4. The number of carbonyl (C=O) groups excluding carboxylic acids is 1. The molecule has 0 fully saturated rings. The molecule has 1 atom stereocenters. The van der Waals surface area contributed by atoms with Gasteiger partial charge in [-0.3, -0.25) is 9.78 Å². The van der Waals surface area contributed by atoms with Crippen LogP contribution in [0, 0.1) is 0 Å².